The van der Waals surface area contributed by atoms with Crippen molar-refractivity contribution in [1.82, 2.24) is 4.98 Å². The van der Waals surface area contributed by atoms with Crippen LogP contribution in [0.5, 0.6) is 0 Å². The molecule has 2 aromatic carbocycles. The first-order valence-corrected chi connectivity index (χ1v) is 8.78. The molecule has 0 fully saturated rings. The number of amides is 1. The highest BCUT2D eigenvalue weighted by atomic mass is 16.1. The van der Waals surface area contributed by atoms with E-state index in [0.717, 1.165) is 30.0 Å². The summed E-state index contributed by atoms with van der Waals surface area (Å²) >= 11 is 0. The fourth-order valence-corrected chi connectivity index (χ4v) is 2.76. The zero-order valence-corrected chi connectivity index (χ0v) is 15.1. The minimum atomic E-state index is -0.202. The van der Waals surface area contributed by atoms with Gasteiger partial charge in [-0.3, -0.25) is 9.78 Å². The fourth-order valence-electron chi connectivity index (χ4n) is 2.76. The molecule has 0 aliphatic heterocycles. The summed E-state index contributed by atoms with van der Waals surface area (Å²) in [5.41, 5.74) is 4.55. The van der Waals surface area contributed by atoms with Crippen LogP contribution in [-0.4, -0.2) is 17.4 Å². The highest BCUT2D eigenvalue weighted by Gasteiger charge is 2.12. The lowest BCUT2D eigenvalue weighted by Crippen LogP contribution is -2.23. The van der Waals surface area contributed by atoms with Crippen molar-refractivity contribution >= 4 is 17.3 Å². The smallest absolute Gasteiger partial charge is 0.274 e. The van der Waals surface area contributed by atoms with E-state index in [-0.39, 0.29) is 5.91 Å². The largest absolute Gasteiger partial charge is 0.367 e. The third kappa shape index (κ3) is 4.48. The molecule has 0 radical (unpaired) electrons. The molecule has 1 N–H and O–H groups in total. The standard InChI is InChI=1S/C22H23N3O/c1-3-25(16-18-7-5-4-6-8-18)20-13-14-23-21(15-20)22(26)24-19-11-9-17(2)10-12-19/h4-15H,3,16H2,1-2H3,(H,24,26). The molecular weight excluding hydrogens is 322 g/mol. The highest BCUT2D eigenvalue weighted by molar-refractivity contribution is 6.03. The Bertz CT molecular complexity index is 860. The minimum Gasteiger partial charge on any atom is -0.367 e. The molecule has 0 unspecified atom stereocenters. The second-order valence-corrected chi connectivity index (χ2v) is 6.22. The highest BCUT2D eigenvalue weighted by Crippen LogP contribution is 2.18. The van der Waals surface area contributed by atoms with Gasteiger partial charge in [-0.05, 0) is 43.7 Å². The van der Waals surface area contributed by atoms with Crippen LogP contribution < -0.4 is 10.2 Å². The maximum Gasteiger partial charge on any atom is 0.274 e. The molecule has 3 aromatic rings. The summed E-state index contributed by atoms with van der Waals surface area (Å²) in [5, 5.41) is 2.90. The summed E-state index contributed by atoms with van der Waals surface area (Å²) in [7, 11) is 0. The van der Waals surface area contributed by atoms with Crippen LogP contribution in [0.4, 0.5) is 11.4 Å². The molecule has 0 aliphatic rings. The molecule has 0 saturated carbocycles. The van der Waals surface area contributed by atoms with E-state index in [1.165, 1.54) is 5.56 Å². The molecule has 132 valence electrons. The quantitative estimate of drug-likeness (QED) is 0.706. The van der Waals surface area contributed by atoms with Gasteiger partial charge in [0.1, 0.15) is 5.69 Å². The van der Waals surface area contributed by atoms with Crippen molar-refractivity contribution < 1.29 is 4.79 Å². The second-order valence-electron chi connectivity index (χ2n) is 6.22. The number of aromatic nitrogens is 1. The van der Waals surface area contributed by atoms with E-state index in [4.69, 9.17) is 0 Å². The van der Waals surface area contributed by atoms with Gasteiger partial charge in [0.15, 0.2) is 0 Å². The number of nitrogens with one attached hydrogen (secondary N) is 1. The normalized spacial score (nSPS) is 10.4. The first-order chi connectivity index (χ1) is 12.7. The number of hydrogen-bond acceptors (Lipinski definition) is 3. The van der Waals surface area contributed by atoms with E-state index in [9.17, 15) is 4.79 Å². The van der Waals surface area contributed by atoms with Crippen LogP contribution >= 0.6 is 0 Å². The van der Waals surface area contributed by atoms with E-state index in [2.05, 4.69) is 34.3 Å². The molecule has 1 aromatic heterocycles. The van der Waals surface area contributed by atoms with E-state index < -0.39 is 0 Å². The maximum absolute atomic E-state index is 12.5. The number of benzene rings is 2. The lowest BCUT2D eigenvalue weighted by atomic mass is 10.2. The average molecular weight is 345 g/mol. The molecule has 1 heterocycles. The van der Waals surface area contributed by atoms with Gasteiger partial charge in [0.25, 0.3) is 5.91 Å². The molecule has 1 amide bonds. The van der Waals surface area contributed by atoms with Crippen molar-refractivity contribution in [2.24, 2.45) is 0 Å². The summed E-state index contributed by atoms with van der Waals surface area (Å²) in [4.78, 5) is 19.0. The van der Waals surface area contributed by atoms with Crippen LogP contribution in [0.25, 0.3) is 0 Å². The van der Waals surface area contributed by atoms with E-state index >= 15 is 0 Å². The summed E-state index contributed by atoms with van der Waals surface area (Å²) < 4.78 is 0. The van der Waals surface area contributed by atoms with Crippen molar-refractivity contribution in [2.75, 3.05) is 16.8 Å². The first-order valence-electron chi connectivity index (χ1n) is 8.78. The number of rotatable bonds is 6. The van der Waals surface area contributed by atoms with Crippen LogP contribution in [0.3, 0.4) is 0 Å². The van der Waals surface area contributed by atoms with Gasteiger partial charge in [0.05, 0.1) is 0 Å². The summed E-state index contributed by atoms with van der Waals surface area (Å²) in [5.74, 6) is -0.202. The number of carbonyl (C=O) groups excluding carboxylic acids is 1. The molecular formula is C22H23N3O. The number of aryl methyl sites for hydroxylation is 1. The zero-order chi connectivity index (χ0) is 18.4. The van der Waals surface area contributed by atoms with E-state index in [1.54, 1.807) is 6.20 Å². The molecule has 0 spiro atoms. The molecule has 0 bridgehead atoms. The van der Waals surface area contributed by atoms with Crippen LogP contribution in [0, 0.1) is 6.92 Å². The average Bonchev–Trinajstić information content (AvgIpc) is 2.69. The Balaban J connectivity index is 1.75. The van der Waals surface area contributed by atoms with Crippen LogP contribution in [0.2, 0.25) is 0 Å². The van der Waals surface area contributed by atoms with Gasteiger partial charge in [0, 0.05) is 30.7 Å². The molecule has 26 heavy (non-hydrogen) atoms. The number of hydrogen-bond donors (Lipinski definition) is 1. The summed E-state index contributed by atoms with van der Waals surface area (Å²) in [6.45, 7) is 5.76. The Morgan fingerprint density at radius 1 is 1.04 bits per heavy atom. The van der Waals surface area contributed by atoms with Crippen molar-refractivity contribution in [3.63, 3.8) is 0 Å². The lowest BCUT2D eigenvalue weighted by molar-refractivity contribution is 0.102. The van der Waals surface area contributed by atoms with E-state index in [0.29, 0.717) is 5.69 Å². The van der Waals surface area contributed by atoms with Gasteiger partial charge in [-0.1, -0.05) is 48.0 Å². The third-order valence-corrected chi connectivity index (χ3v) is 4.25. The van der Waals surface area contributed by atoms with Gasteiger partial charge in [-0.2, -0.15) is 0 Å². The lowest BCUT2D eigenvalue weighted by Gasteiger charge is -2.23. The monoisotopic (exact) mass is 345 g/mol. The van der Waals surface area contributed by atoms with Gasteiger partial charge < -0.3 is 10.2 Å². The topological polar surface area (TPSA) is 45.2 Å². The van der Waals surface area contributed by atoms with Gasteiger partial charge in [-0.15, -0.1) is 0 Å². The Morgan fingerprint density at radius 3 is 2.46 bits per heavy atom. The zero-order valence-electron chi connectivity index (χ0n) is 15.1. The number of anilines is 2. The van der Waals surface area contributed by atoms with Crippen LogP contribution in [-0.2, 0) is 6.54 Å². The van der Waals surface area contributed by atoms with Crippen molar-refractivity contribution in [3.8, 4) is 0 Å². The number of nitrogens with zero attached hydrogens (tertiary/aromatic N) is 2. The van der Waals surface area contributed by atoms with Crippen LogP contribution in [0.1, 0.15) is 28.5 Å². The Morgan fingerprint density at radius 2 is 1.77 bits per heavy atom. The SMILES string of the molecule is CCN(Cc1ccccc1)c1ccnc(C(=O)Nc2ccc(C)cc2)c1. The van der Waals surface area contributed by atoms with Crippen molar-refractivity contribution in [2.45, 2.75) is 20.4 Å². The molecule has 0 aliphatic carbocycles. The van der Waals surface area contributed by atoms with Gasteiger partial charge >= 0.3 is 0 Å². The van der Waals surface area contributed by atoms with E-state index in [1.807, 2.05) is 61.5 Å². The molecule has 3 rings (SSSR count). The molecule has 0 atom stereocenters. The maximum atomic E-state index is 12.5. The summed E-state index contributed by atoms with van der Waals surface area (Å²) in [6.07, 6.45) is 1.69. The predicted molar refractivity (Wildman–Crippen MR) is 107 cm³/mol. The van der Waals surface area contributed by atoms with Crippen molar-refractivity contribution in [3.05, 3.63) is 89.7 Å². The Hall–Kier alpha value is -3.14. The van der Waals surface area contributed by atoms with Crippen LogP contribution in [0.15, 0.2) is 72.9 Å². The molecule has 0 saturated heterocycles. The second kappa shape index (κ2) is 8.30. The minimum absolute atomic E-state index is 0.202. The molecule has 4 heteroatoms. The third-order valence-electron chi connectivity index (χ3n) is 4.25. The predicted octanol–water partition coefficient (Wildman–Crippen LogP) is 4.67. The summed E-state index contributed by atoms with van der Waals surface area (Å²) in [6, 6.07) is 21.8. The van der Waals surface area contributed by atoms with Crippen molar-refractivity contribution in [1.29, 1.82) is 0 Å². The van der Waals surface area contributed by atoms with Gasteiger partial charge in [-0.25, -0.2) is 0 Å². The first kappa shape index (κ1) is 17.7. The number of carbonyl (C=O) groups is 1. The fraction of sp³-hybridized carbons (Fsp3) is 0.182. The Kier molecular flexibility index (Phi) is 5.64. The van der Waals surface area contributed by atoms with Gasteiger partial charge in [0.2, 0.25) is 0 Å². The number of pyridine rings is 1. The molecule has 4 nitrogen and oxygen atoms in total. The Labute approximate surface area is 154 Å².